The minimum absolute atomic E-state index is 0.0642. The van der Waals surface area contributed by atoms with E-state index in [9.17, 15) is 14.7 Å². The summed E-state index contributed by atoms with van der Waals surface area (Å²) in [5.41, 5.74) is 7.43. The van der Waals surface area contributed by atoms with Crippen LogP contribution >= 0.6 is 0 Å². The molecule has 1 saturated heterocycles. The van der Waals surface area contributed by atoms with Gasteiger partial charge >= 0.3 is 0 Å². The Balaban J connectivity index is 1.38. The van der Waals surface area contributed by atoms with Crippen molar-refractivity contribution < 1.29 is 14.7 Å². The molecular weight excluding hydrogens is 454 g/mol. The van der Waals surface area contributed by atoms with Crippen LogP contribution in [0.25, 0.3) is 0 Å². The highest BCUT2D eigenvalue weighted by molar-refractivity contribution is 5.96. The molecule has 1 aliphatic heterocycles. The van der Waals surface area contributed by atoms with Crippen molar-refractivity contribution in [3.8, 4) is 0 Å². The molecule has 0 spiro atoms. The Morgan fingerprint density at radius 3 is 2.25 bits per heavy atom. The first-order valence-electron chi connectivity index (χ1n) is 11.9. The maximum atomic E-state index is 13.2. The summed E-state index contributed by atoms with van der Waals surface area (Å²) in [5.74, 6) is -0.602. The molecule has 3 aromatic rings. The molecule has 3 aromatic carbocycles. The van der Waals surface area contributed by atoms with Crippen LogP contribution in [0.4, 0.5) is 5.69 Å². The van der Waals surface area contributed by atoms with Crippen molar-refractivity contribution in [1.29, 1.82) is 5.41 Å². The van der Waals surface area contributed by atoms with E-state index in [4.69, 9.17) is 11.1 Å². The van der Waals surface area contributed by atoms with Crippen molar-refractivity contribution in [2.45, 2.75) is 24.5 Å². The normalized spacial score (nSPS) is 15.5. The number of amidine groups is 1. The zero-order valence-corrected chi connectivity index (χ0v) is 20.0. The van der Waals surface area contributed by atoms with Crippen LogP contribution in [0.15, 0.2) is 84.9 Å². The largest absolute Gasteiger partial charge is 0.385 e. The number of nitrogens with zero attached hydrogens (tertiary/aromatic N) is 1. The molecule has 0 aromatic heterocycles. The molecule has 8 nitrogen and oxygen atoms in total. The lowest BCUT2D eigenvalue weighted by molar-refractivity contribution is -0.136. The van der Waals surface area contributed by atoms with E-state index in [1.165, 1.54) is 0 Å². The number of carbonyl (C=O) groups is 2. The highest BCUT2D eigenvalue weighted by atomic mass is 16.3. The molecule has 1 unspecified atom stereocenters. The lowest BCUT2D eigenvalue weighted by atomic mass is 9.84. The Hall–Kier alpha value is -4.17. The lowest BCUT2D eigenvalue weighted by Gasteiger charge is -2.38. The molecule has 36 heavy (non-hydrogen) atoms. The highest BCUT2D eigenvalue weighted by Gasteiger charge is 2.35. The van der Waals surface area contributed by atoms with Gasteiger partial charge in [0.1, 0.15) is 11.9 Å². The van der Waals surface area contributed by atoms with Crippen molar-refractivity contribution in [2.24, 2.45) is 5.73 Å². The average Bonchev–Trinajstić information content (AvgIpc) is 2.91. The molecule has 2 amide bonds. The van der Waals surface area contributed by atoms with Gasteiger partial charge in [0.15, 0.2) is 0 Å². The third-order valence-electron chi connectivity index (χ3n) is 6.55. The van der Waals surface area contributed by atoms with Crippen molar-refractivity contribution in [2.75, 3.05) is 25.0 Å². The Bertz CT molecular complexity index is 1210. The first kappa shape index (κ1) is 24.9. The van der Waals surface area contributed by atoms with E-state index in [0.29, 0.717) is 37.2 Å². The van der Waals surface area contributed by atoms with E-state index in [1.54, 1.807) is 29.2 Å². The summed E-state index contributed by atoms with van der Waals surface area (Å²) in [7, 11) is 0. The Morgan fingerprint density at radius 2 is 1.61 bits per heavy atom. The van der Waals surface area contributed by atoms with Crippen molar-refractivity contribution in [1.82, 2.24) is 10.2 Å². The van der Waals surface area contributed by atoms with E-state index in [0.717, 1.165) is 11.1 Å². The molecule has 0 radical (unpaired) electrons. The Kier molecular flexibility index (Phi) is 7.65. The summed E-state index contributed by atoms with van der Waals surface area (Å²) < 4.78 is 0. The van der Waals surface area contributed by atoms with Crippen LogP contribution in [-0.4, -0.2) is 47.3 Å². The predicted octanol–water partition coefficient (Wildman–Crippen LogP) is 2.75. The standard InChI is InChI=1S/C28H31N5O3/c29-26(30)21-10-7-13-23(18-21)32-25(20-8-3-1-4-9-20)27(35)31-19-24(34)33-16-14-28(36,15-17-33)22-11-5-2-6-12-22/h1-13,18,25,32,36H,14-17,19H2,(H3,29,30)(H,31,35). The summed E-state index contributed by atoms with van der Waals surface area (Å²) in [6.07, 6.45) is 0.884. The van der Waals surface area contributed by atoms with Crippen molar-refractivity contribution >= 4 is 23.3 Å². The van der Waals surface area contributed by atoms with Gasteiger partial charge in [-0.25, -0.2) is 0 Å². The Morgan fingerprint density at radius 1 is 0.972 bits per heavy atom. The minimum Gasteiger partial charge on any atom is -0.385 e. The van der Waals surface area contributed by atoms with Crippen LogP contribution in [-0.2, 0) is 15.2 Å². The number of nitrogens with one attached hydrogen (secondary N) is 3. The maximum Gasteiger partial charge on any atom is 0.247 e. The number of amides is 2. The van der Waals surface area contributed by atoms with Crippen LogP contribution in [0.2, 0.25) is 0 Å². The number of piperidine rings is 1. The SMILES string of the molecule is N=C(N)c1cccc(NC(C(=O)NCC(=O)N2CCC(O)(c3ccccc3)CC2)c2ccccc2)c1. The monoisotopic (exact) mass is 485 g/mol. The van der Waals surface area contributed by atoms with Gasteiger partial charge < -0.3 is 26.4 Å². The fourth-order valence-corrected chi connectivity index (χ4v) is 4.43. The number of nitrogen functional groups attached to an aromatic ring is 1. The number of hydrogen-bond donors (Lipinski definition) is 5. The number of hydrogen-bond acceptors (Lipinski definition) is 5. The van der Waals surface area contributed by atoms with E-state index in [-0.39, 0.29) is 24.2 Å². The second-order valence-electron chi connectivity index (χ2n) is 8.98. The van der Waals surface area contributed by atoms with Gasteiger partial charge in [-0.2, -0.15) is 0 Å². The molecule has 1 aliphatic rings. The molecule has 1 atom stereocenters. The lowest BCUT2D eigenvalue weighted by Crippen LogP contribution is -2.48. The molecule has 1 heterocycles. The summed E-state index contributed by atoms with van der Waals surface area (Å²) >= 11 is 0. The summed E-state index contributed by atoms with van der Waals surface area (Å²) in [6, 6.07) is 25.0. The summed E-state index contributed by atoms with van der Waals surface area (Å²) in [5, 5.41) is 24.6. The number of rotatable bonds is 8. The van der Waals surface area contributed by atoms with Gasteiger partial charge in [-0.1, -0.05) is 72.8 Å². The van der Waals surface area contributed by atoms with E-state index in [2.05, 4.69) is 10.6 Å². The molecule has 8 heteroatoms. The smallest absolute Gasteiger partial charge is 0.247 e. The molecule has 1 fully saturated rings. The van der Waals surface area contributed by atoms with Gasteiger partial charge in [0.05, 0.1) is 12.1 Å². The van der Waals surface area contributed by atoms with Crippen molar-refractivity contribution in [3.63, 3.8) is 0 Å². The van der Waals surface area contributed by atoms with E-state index < -0.39 is 11.6 Å². The fraction of sp³-hybridized carbons (Fsp3) is 0.250. The molecule has 0 bridgehead atoms. The number of anilines is 1. The number of likely N-dealkylation sites (tertiary alicyclic amines) is 1. The van der Waals surface area contributed by atoms with Gasteiger partial charge in [0.25, 0.3) is 0 Å². The third kappa shape index (κ3) is 5.90. The summed E-state index contributed by atoms with van der Waals surface area (Å²) in [4.78, 5) is 27.7. The van der Waals surface area contributed by atoms with E-state index in [1.807, 2.05) is 60.7 Å². The minimum atomic E-state index is -0.946. The molecule has 0 aliphatic carbocycles. The van der Waals surface area contributed by atoms with Crippen LogP contribution < -0.4 is 16.4 Å². The summed E-state index contributed by atoms with van der Waals surface area (Å²) in [6.45, 7) is 0.692. The molecular formula is C28H31N5O3. The molecule has 186 valence electrons. The molecule has 0 saturated carbocycles. The topological polar surface area (TPSA) is 132 Å². The number of aliphatic hydroxyl groups is 1. The van der Waals surface area contributed by atoms with Gasteiger partial charge in [-0.3, -0.25) is 15.0 Å². The predicted molar refractivity (Wildman–Crippen MR) is 139 cm³/mol. The number of nitrogens with two attached hydrogens (primary N) is 1. The zero-order chi connectivity index (χ0) is 25.5. The second-order valence-corrected chi connectivity index (χ2v) is 8.98. The van der Waals surface area contributed by atoms with E-state index >= 15 is 0 Å². The Labute approximate surface area is 210 Å². The first-order valence-corrected chi connectivity index (χ1v) is 11.9. The molecule has 4 rings (SSSR count). The van der Waals surface area contributed by atoms with Gasteiger partial charge in [0.2, 0.25) is 11.8 Å². The van der Waals surface area contributed by atoms with Crippen LogP contribution in [0, 0.1) is 5.41 Å². The number of benzene rings is 3. The van der Waals surface area contributed by atoms with Gasteiger partial charge in [-0.05, 0) is 36.1 Å². The average molecular weight is 486 g/mol. The second kappa shape index (κ2) is 11.0. The maximum absolute atomic E-state index is 13.2. The zero-order valence-electron chi connectivity index (χ0n) is 20.0. The van der Waals surface area contributed by atoms with Crippen molar-refractivity contribution in [3.05, 3.63) is 102 Å². The van der Waals surface area contributed by atoms with Crippen LogP contribution in [0.1, 0.15) is 35.6 Å². The van der Waals surface area contributed by atoms with Gasteiger partial charge in [0, 0.05) is 24.3 Å². The fourth-order valence-electron chi connectivity index (χ4n) is 4.43. The third-order valence-corrected chi connectivity index (χ3v) is 6.55. The van der Waals surface area contributed by atoms with Crippen LogP contribution in [0.5, 0.6) is 0 Å². The highest BCUT2D eigenvalue weighted by Crippen LogP contribution is 2.32. The van der Waals surface area contributed by atoms with Gasteiger partial charge in [-0.15, -0.1) is 0 Å². The van der Waals surface area contributed by atoms with Crippen LogP contribution in [0.3, 0.4) is 0 Å². The number of carbonyl (C=O) groups excluding carboxylic acids is 2. The first-order chi connectivity index (χ1) is 17.4. The quantitative estimate of drug-likeness (QED) is 0.247. The molecule has 6 N–H and O–H groups in total.